The zero-order chi connectivity index (χ0) is 7.98. The van der Waals surface area contributed by atoms with E-state index in [0.717, 1.165) is 0 Å². The molecule has 58 valence electrons. The quantitative estimate of drug-likeness (QED) is 0.342. The summed E-state index contributed by atoms with van der Waals surface area (Å²) in [6, 6.07) is 0. The van der Waals surface area contributed by atoms with Gasteiger partial charge in [-0.3, -0.25) is 0 Å². The normalized spacial score (nSPS) is 13.8. The Kier molecular flexibility index (Phi) is 4.23. The van der Waals surface area contributed by atoms with Crippen molar-refractivity contribution < 1.29 is 15.2 Å². The monoisotopic (exact) mass is 146 g/mol. The summed E-state index contributed by atoms with van der Waals surface area (Å²) in [4.78, 5) is 0. The smallest absolute Gasteiger partial charge is 0.130 e. The topological polar surface area (TPSA) is 74.4 Å². The van der Waals surface area contributed by atoms with Crippen molar-refractivity contribution in [3.63, 3.8) is 0 Å². The Morgan fingerprint density at radius 3 is 2.30 bits per heavy atom. The minimum absolute atomic E-state index is 0.131. The number of methoxy groups -OCH3 is 1. The summed E-state index contributed by atoms with van der Waals surface area (Å²) >= 11 is 0. The van der Waals surface area contributed by atoms with E-state index in [1.54, 1.807) is 0 Å². The molecule has 0 fully saturated rings. The van der Waals surface area contributed by atoms with Crippen LogP contribution in [0.15, 0.2) is 10.3 Å². The van der Waals surface area contributed by atoms with Gasteiger partial charge in [-0.2, -0.15) is 0 Å². The van der Waals surface area contributed by atoms with Gasteiger partial charge in [0.1, 0.15) is 11.4 Å². The van der Waals surface area contributed by atoms with Crippen LogP contribution in [-0.4, -0.2) is 35.6 Å². The van der Waals surface area contributed by atoms with Crippen molar-refractivity contribution >= 4 is 11.4 Å². The van der Waals surface area contributed by atoms with Crippen LogP contribution in [0.1, 0.15) is 6.92 Å². The molecule has 5 nitrogen and oxygen atoms in total. The van der Waals surface area contributed by atoms with E-state index in [2.05, 4.69) is 15.0 Å². The Labute approximate surface area is 58.6 Å². The summed E-state index contributed by atoms with van der Waals surface area (Å²) < 4.78 is 4.64. The Morgan fingerprint density at radius 2 is 2.00 bits per heavy atom. The summed E-state index contributed by atoms with van der Waals surface area (Å²) in [5.74, 6) is 0. The number of hydrogen-bond acceptors (Lipinski definition) is 5. The molecule has 5 heteroatoms. The van der Waals surface area contributed by atoms with E-state index in [1.807, 2.05) is 0 Å². The molecule has 0 aromatic carbocycles. The van der Waals surface area contributed by atoms with Crippen LogP contribution in [0, 0.1) is 0 Å². The van der Waals surface area contributed by atoms with Crippen molar-refractivity contribution in [2.24, 2.45) is 10.3 Å². The number of hydrogen-bond donors (Lipinski definition) is 2. The van der Waals surface area contributed by atoms with Gasteiger partial charge in [0, 0.05) is 7.11 Å². The van der Waals surface area contributed by atoms with Crippen molar-refractivity contribution in [2.75, 3.05) is 13.7 Å². The van der Waals surface area contributed by atoms with Crippen LogP contribution in [0.2, 0.25) is 0 Å². The van der Waals surface area contributed by atoms with Crippen molar-refractivity contribution in [1.82, 2.24) is 0 Å². The third-order valence-electron chi connectivity index (χ3n) is 0.969. The molecule has 0 rings (SSSR count). The summed E-state index contributed by atoms with van der Waals surface area (Å²) in [5.41, 5.74) is 0.453. The fraction of sp³-hybridized carbons (Fsp3) is 0.600. The molecule has 0 aliphatic heterocycles. The van der Waals surface area contributed by atoms with Gasteiger partial charge in [0.2, 0.25) is 0 Å². The maximum absolute atomic E-state index is 8.27. The first-order valence-corrected chi connectivity index (χ1v) is 2.65. The fourth-order valence-corrected chi connectivity index (χ4v) is 0.400. The molecule has 0 aromatic heterocycles. The lowest BCUT2D eigenvalue weighted by Gasteiger charge is -1.98. The molecule has 0 spiro atoms. The molecule has 2 N–H and O–H groups in total. The molecule has 10 heavy (non-hydrogen) atoms. The van der Waals surface area contributed by atoms with E-state index >= 15 is 0 Å². The van der Waals surface area contributed by atoms with Gasteiger partial charge in [0.25, 0.3) is 0 Å². The second-order valence-electron chi connectivity index (χ2n) is 1.67. The van der Waals surface area contributed by atoms with Gasteiger partial charge >= 0.3 is 0 Å². The standard InChI is InChI=1S/C5H10N2O3/c1-4(6-8)5(7-9)3-10-2/h8-9H,3H2,1-2H3. The molecule has 0 unspecified atom stereocenters. The minimum atomic E-state index is 0.131. The first-order chi connectivity index (χ1) is 4.76. The first kappa shape index (κ1) is 8.90. The van der Waals surface area contributed by atoms with Gasteiger partial charge in [-0.25, -0.2) is 0 Å². The van der Waals surface area contributed by atoms with Crippen LogP contribution < -0.4 is 0 Å². The minimum Gasteiger partial charge on any atom is -0.411 e. The number of ether oxygens (including phenoxy) is 1. The second-order valence-corrected chi connectivity index (χ2v) is 1.67. The molecule has 0 radical (unpaired) electrons. The highest BCUT2D eigenvalue weighted by Gasteiger charge is 2.03. The number of rotatable bonds is 3. The van der Waals surface area contributed by atoms with Crippen LogP contribution in [0.5, 0.6) is 0 Å². The second kappa shape index (κ2) is 4.75. The summed E-state index contributed by atoms with van der Waals surface area (Å²) in [6.45, 7) is 1.64. The average Bonchev–Trinajstić information content (AvgIpc) is 1.99. The predicted molar refractivity (Wildman–Crippen MR) is 36.0 cm³/mol. The van der Waals surface area contributed by atoms with Crippen LogP contribution >= 0.6 is 0 Å². The summed E-state index contributed by atoms with van der Waals surface area (Å²) in [6.07, 6.45) is 0. The molecule has 0 saturated heterocycles. The number of nitrogens with zero attached hydrogens (tertiary/aromatic N) is 2. The SMILES string of the molecule is COCC(=NO)C(C)=NO. The maximum atomic E-state index is 8.27. The van der Waals surface area contributed by atoms with Crippen LogP contribution in [0.25, 0.3) is 0 Å². The lowest BCUT2D eigenvalue weighted by Crippen LogP contribution is -2.16. The van der Waals surface area contributed by atoms with E-state index < -0.39 is 0 Å². The molecule has 0 saturated carbocycles. The summed E-state index contributed by atoms with van der Waals surface area (Å²) in [5, 5.41) is 22.2. The molecular formula is C5H10N2O3. The molecule has 0 atom stereocenters. The van der Waals surface area contributed by atoms with Gasteiger partial charge < -0.3 is 15.2 Å². The number of oxime groups is 2. The zero-order valence-corrected chi connectivity index (χ0v) is 5.90. The molecule has 0 aromatic rings. The van der Waals surface area contributed by atoms with Gasteiger partial charge in [-0.1, -0.05) is 10.3 Å². The molecule has 0 heterocycles. The predicted octanol–water partition coefficient (Wildman–Crippen LogP) is 0.313. The maximum Gasteiger partial charge on any atom is 0.130 e. The van der Waals surface area contributed by atoms with Gasteiger partial charge in [0.15, 0.2) is 0 Å². The summed E-state index contributed by atoms with van der Waals surface area (Å²) in [7, 11) is 1.45. The van der Waals surface area contributed by atoms with Crippen molar-refractivity contribution in [1.29, 1.82) is 0 Å². The Balaban J connectivity index is 4.09. The molecule has 0 bridgehead atoms. The average molecular weight is 146 g/mol. The van der Waals surface area contributed by atoms with Gasteiger partial charge in [0.05, 0.1) is 6.61 Å². The highest BCUT2D eigenvalue weighted by atomic mass is 16.5. The third-order valence-corrected chi connectivity index (χ3v) is 0.969. The largest absolute Gasteiger partial charge is 0.411 e. The van der Waals surface area contributed by atoms with Gasteiger partial charge in [-0.15, -0.1) is 0 Å². The molecular weight excluding hydrogens is 136 g/mol. The van der Waals surface area contributed by atoms with Crippen LogP contribution in [0.4, 0.5) is 0 Å². The molecule has 0 amide bonds. The lowest BCUT2D eigenvalue weighted by molar-refractivity contribution is 0.238. The van der Waals surface area contributed by atoms with Crippen molar-refractivity contribution in [2.45, 2.75) is 6.92 Å². The van der Waals surface area contributed by atoms with Crippen LogP contribution in [-0.2, 0) is 4.74 Å². The van der Waals surface area contributed by atoms with E-state index in [4.69, 9.17) is 10.4 Å². The van der Waals surface area contributed by atoms with Crippen molar-refractivity contribution in [3.05, 3.63) is 0 Å². The Hall–Kier alpha value is -1.10. The lowest BCUT2D eigenvalue weighted by atomic mass is 10.3. The van der Waals surface area contributed by atoms with Crippen LogP contribution in [0.3, 0.4) is 0 Å². The third kappa shape index (κ3) is 2.45. The highest BCUT2D eigenvalue weighted by molar-refractivity contribution is 6.41. The van der Waals surface area contributed by atoms with E-state index in [-0.39, 0.29) is 18.0 Å². The fourth-order valence-electron chi connectivity index (χ4n) is 0.400. The molecule has 0 aliphatic rings. The Bertz CT molecular complexity index is 153. The first-order valence-electron chi connectivity index (χ1n) is 2.65. The van der Waals surface area contributed by atoms with E-state index in [1.165, 1.54) is 14.0 Å². The highest BCUT2D eigenvalue weighted by Crippen LogP contribution is 1.83. The van der Waals surface area contributed by atoms with E-state index in [0.29, 0.717) is 0 Å². The molecule has 0 aliphatic carbocycles. The zero-order valence-electron chi connectivity index (χ0n) is 5.90. The Morgan fingerprint density at radius 1 is 1.40 bits per heavy atom. The van der Waals surface area contributed by atoms with E-state index in [9.17, 15) is 0 Å². The van der Waals surface area contributed by atoms with Crippen molar-refractivity contribution in [3.8, 4) is 0 Å². The van der Waals surface area contributed by atoms with Gasteiger partial charge in [-0.05, 0) is 6.92 Å².